The van der Waals surface area contributed by atoms with Gasteiger partial charge in [0.15, 0.2) is 0 Å². The SMILES string of the molecule is CC(C)(C)C(=O)OCOP(=O)(OCOC(=O)C(C)(C)C)C(F)(F)c1ccc2sc(C(=O)N[C@H]3C[C@H]4C[C@H]4C[C@H]4CC[C@@H](C(=O)N5CC(n6ccnc6)C5)N4C3=O)cc2c1. The second-order valence-corrected chi connectivity index (χ2v) is 21.1. The Morgan fingerprint density at radius 1 is 0.898 bits per heavy atom. The lowest BCUT2D eigenvalue weighted by molar-refractivity contribution is -0.163. The van der Waals surface area contributed by atoms with Gasteiger partial charge in [0.2, 0.25) is 25.4 Å². The van der Waals surface area contributed by atoms with Crippen LogP contribution < -0.4 is 5.32 Å². The molecule has 1 aliphatic carbocycles. The largest absolute Gasteiger partial charge is 0.438 e. The Morgan fingerprint density at radius 3 is 2.15 bits per heavy atom. The van der Waals surface area contributed by atoms with Gasteiger partial charge >= 0.3 is 25.2 Å². The summed E-state index contributed by atoms with van der Waals surface area (Å²) in [6.07, 6.45) is 8.74. The highest BCUT2D eigenvalue weighted by Gasteiger charge is 2.56. The number of aromatic nitrogens is 2. The molecule has 0 bridgehead atoms. The van der Waals surface area contributed by atoms with Gasteiger partial charge in [-0.15, -0.1) is 11.3 Å². The zero-order chi connectivity index (χ0) is 42.7. The van der Waals surface area contributed by atoms with E-state index in [0.717, 1.165) is 36.3 Å². The number of likely N-dealkylation sites (tertiary alicyclic amines) is 1. The summed E-state index contributed by atoms with van der Waals surface area (Å²) in [5.41, 5.74) is -7.19. The second-order valence-electron chi connectivity index (χ2n) is 17.9. The molecule has 3 amide bonds. The number of nitrogens with one attached hydrogen (secondary N) is 1. The molecular formula is C40H50F2N5O10PS. The van der Waals surface area contributed by atoms with Crippen molar-refractivity contribution in [3.63, 3.8) is 0 Å². The number of benzene rings is 1. The summed E-state index contributed by atoms with van der Waals surface area (Å²) in [5, 5.41) is 3.12. The summed E-state index contributed by atoms with van der Waals surface area (Å²) < 4.78 is 68.7. The molecule has 1 aromatic carbocycles. The second kappa shape index (κ2) is 16.0. The first-order valence-electron chi connectivity index (χ1n) is 19.7. The fourth-order valence-electron chi connectivity index (χ4n) is 7.81. The van der Waals surface area contributed by atoms with Gasteiger partial charge in [0, 0.05) is 41.8 Å². The van der Waals surface area contributed by atoms with E-state index in [0.29, 0.717) is 43.0 Å². The molecular weight excluding hydrogens is 812 g/mol. The Labute approximate surface area is 344 Å². The minimum atomic E-state index is -5.57. The van der Waals surface area contributed by atoms with Crippen molar-refractivity contribution in [3.8, 4) is 0 Å². The minimum Gasteiger partial charge on any atom is -0.438 e. The normalized spacial score (nSPS) is 23.8. The van der Waals surface area contributed by atoms with Crippen LogP contribution in [0.15, 0.2) is 43.0 Å². The number of nitrogens with zero attached hydrogens (tertiary/aromatic N) is 4. The quantitative estimate of drug-likeness (QED) is 0.121. The summed E-state index contributed by atoms with van der Waals surface area (Å²) in [6, 6.07) is 3.32. The third-order valence-corrected chi connectivity index (χ3v) is 14.4. The smallest absolute Gasteiger partial charge is 0.410 e. The fraction of sp³-hybridized carbons (Fsp3) is 0.600. The standard InChI is InChI=1S/C40H50F2N5O10PS/c1-38(2,3)36(51)54-21-56-58(53,57-22-55-37(52)39(4,5)6)40(41,42)26-7-10-31-25(14-26)17-32(59-31)33(48)44-29-16-24-13-23(24)15-27-8-9-30(47(27)34(29)49)35(50)46-18-28(19-46)45-12-11-43-20-45/h7,10-12,14,17,20,23-24,27-30H,8-9,13,15-16,18-19,21-22H2,1-6H3,(H,44,48)/t23-,24+,27+,29-,30-/m0/s1. The number of hydrogen-bond donors (Lipinski definition) is 1. The first-order valence-corrected chi connectivity index (χ1v) is 22.1. The van der Waals surface area contributed by atoms with Crippen molar-refractivity contribution in [1.82, 2.24) is 24.7 Å². The summed E-state index contributed by atoms with van der Waals surface area (Å²) in [4.78, 5) is 74.2. The number of imidazole rings is 1. The van der Waals surface area contributed by atoms with Gasteiger partial charge in [-0.2, -0.15) is 8.78 Å². The predicted octanol–water partition coefficient (Wildman–Crippen LogP) is 6.44. The molecule has 15 nitrogen and oxygen atoms in total. The molecule has 320 valence electrons. The number of thiophene rings is 1. The van der Waals surface area contributed by atoms with Crippen LogP contribution in [0.25, 0.3) is 10.1 Å². The van der Waals surface area contributed by atoms with Crippen molar-refractivity contribution in [1.29, 1.82) is 0 Å². The lowest BCUT2D eigenvalue weighted by Gasteiger charge is -2.43. The van der Waals surface area contributed by atoms with Crippen LogP contribution in [-0.4, -0.2) is 93.8 Å². The summed E-state index contributed by atoms with van der Waals surface area (Å²) in [6.45, 7) is 7.97. The Balaban J connectivity index is 1.06. The van der Waals surface area contributed by atoms with Crippen LogP contribution in [0.3, 0.4) is 0 Å². The third kappa shape index (κ3) is 8.82. The highest BCUT2D eigenvalue weighted by Crippen LogP contribution is 2.67. The van der Waals surface area contributed by atoms with E-state index in [2.05, 4.69) is 10.3 Å². The van der Waals surface area contributed by atoms with Crippen molar-refractivity contribution in [2.24, 2.45) is 22.7 Å². The van der Waals surface area contributed by atoms with Crippen molar-refractivity contribution >= 4 is 58.7 Å². The number of ether oxygens (including phenoxy) is 2. The number of esters is 2. The lowest BCUT2D eigenvalue weighted by Crippen LogP contribution is -2.60. The summed E-state index contributed by atoms with van der Waals surface area (Å²) >= 11 is 1.02. The average molecular weight is 862 g/mol. The van der Waals surface area contributed by atoms with Crippen LogP contribution in [0.2, 0.25) is 0 Å². The molecule has 5 heterocycles. The highest BCUT2D eigenvalue weighted by atomic mass is 32.1. The number of carbonyl (C=O) groups excluding carboxylic acids is 5. The lowest BCUT2D eigenvalue weighted by atomic mass is 9.98. The van der Waals surface area contributed by atoms with Crippen LogP contribution >= 0.6 is 18.9 Å². The third-order valence-electron chi connectivity index (χ3n) is 11.4. The number of halogens is 2. The van der Waals surface area contributed by atoms with E-state index in [1.807, 2.05) is 10.8 Å². The molecule has 59 heavy (non-hydrogen) atoms. The Hall–Kier alpha value is -4.25. The number of fused-ring (bicyclic) bond motifs is 3. The molecule has 0 unspecified atom stereocenters. The van der Waals surface area contributed by atoms with Gasteiger partial charge in [0.05, 0.1) is 28.1 Å². The molecule has 3 saturated heterocycles. The Bertz CT molecular complexity index is 2130. The molecule has 4 fully saturated rings. The van der Waals surface area contributed by atoms with E-state index < -0.39 is 73.2 Å². The molecule has 7 rings (SSSR count). The molecule has 2 aromatic heterocycles. The topological polar surface area (TPSA) is 176 Å². The monoisotopic (exact) mass is 861 g/mol. The predicted molar refractivity (Wildman–Crippen MR) is 210 cm³/mol. The highest BCUT2D eigenvalue weighted by molar-refractivity contribution is 7.54. The Kier molecular flexibility index (Phi) is 11.6. The van der Waals surface area contributed by atoms with Gasteiger partial charge < -0.3 is 29.2 Å². The summed E-state index contributed by atoms with van der Waals surface area (Å²) in [7, 11) is -5.57. The first kappa shape index (κ1) is 42.9. The molecule has 19 heteroatoms. The molecule has 0 radical (unpaired) electrons. The Morgan fingerprint density at radius 2 is 1.54 bits per heavy atom. The van der Waals surface area contributed by atoms with Crippen LogP contribution in [0, 0.1) is 22.7 Å². The van der Waals surface area contributed by atoms with Gasteiger partial charge in [0.25, 0.3) is 5.91 Å². The fourth-order valence-corrected chi connectivity index (χ4v) is 10.00. The zero-order valence-electron chi connectivity index (χ0n) is 33.9. The molecule has 1 N–H and O–H groups in total. The first-order chi connectivity index (χ1) is 27.7. The maximum atomic E-state index is 16.3. The van der Waals surface area contributed by atoms with E-state index in [9.17, 15) is 28.5 Å². The molecule has 4 aliphatic rings. The van der Waals surface area contributed by atoms with Crippen molar-refractivity contribution in [3.05, 3.63) is 53.4 Å². The average Bonchev–Trinajstić information content (AvgIpc) is 3.54. The van der Waals surface area contributed by atoms with E-state index >= 15 is 8.78 Å². The number of alkyl halides is 2. The molecule has 1 saturated carbocycles. The van der Waals surface area contributed by atoms with Crippen LogP contribution in [0.4, 0.5) is 8.78 Å². The van der Waals surface area contributed by atoms with Gasteiger partial charge in [-0.05, 0) is 109 Å². The van der Waals surface area contributed by atoms with E-state index in [-0.39, 0.29) is 40.1 Å². The van der Waals surface area contributed by atoms with E-state index in [1.54, 1.807) is 22.3 Å². The maximum Gasteiger partial charge on any atom is 0.410 e. The van der Waals surface area contributed by atoms with Crippen molar-refractivity contribution in [2.75, 3.05) is 26.7 Å². The number of rotatable bonds is 12. The number of carbonyl (C=O) groups is 5. The molecule has 3 aliphatic heterocycles. The van der Waals surface area contributed by atoms with Crippen LogP contribution in [-0.2, 0) is 47.9 Å². The summed E-state index contributed by atoms with van der Waals surface area (Å²) in [5.74, 6) is -1.90. The van der Waals surface area contributed by atoms with Gasteiger partial charge in [0.1, 0.15) is 12.1 Å². The molecule has 0 spiro atoms. The number of amides is 3. The van der Waals surface area contributed by atoms with E-state index in [4.69, 9.17) is 18.5 Å². The maximum absolute atomic E-state index is 16.3. The van der Waals surface area contributed by atoms with Crippen molar-refractivity contribution in [2.45, 2.75) is 103 Å². The van der Waals surface area contributed by atoms with Gasteiger partial charge in [-0.25, -0.2) is 4.98 Å². The van der Waals surface area contributed by atoms with Crippen LogP contribution in [0.1, 0.15) is 94.9 Å². The van der Waals surface area contributed by atoms with Gasteiger partial charge in [-0.3, -0.25) is 37.6 Å². The van der Waals surface area contributed by atoms with Gasteiger partial charge in [-0.1, -0.05) is 6.07 Å². The van der Waals surface area contributed by atoms with E-state index in [1.165, 1.54) is 53.7 Å². The van der Waals surface area contributed by atoms with Crippen LogP contribution in [0.5, 0.6) is 0 Å². The zero-order valence-corrected chi connectivity index (χ0v) is 35.6. The number of hydrogen-bond acceptors (Lipinski definition) is 12. The minimum absolute atomic E-state index is 0.0930. The molecule has 5 atom stereocenters. The van der Waals surface area contributed by atoms with Crippen molar-refractivity contribution < 1.29 is 55.8 Å². The molecule has 3 aromatic rings.